The largest absolute Gasteiger partial charge is 0.378 e. The lowest BCUT2D eigenvalue weighted by atomic mass is 10.2. The molecule has 2 aromatic rings. The summed E-state index contributed by atoms with van der Waals surface area (Å²) in [6, 6.07) is 11.4. The van der Waals surface area contributed by atoms with Gasteiger partial charge in [-0.05, 0) is 43.7 Å². The van der Waals surface area contributed by atoms with Gasteiger partial charge in [-0.1, -0.05) is 30.7 Å². The molecule has 1 unspecified atom stereocenters. The minimum absolute atomic E-state index is 0.0215. The Morgan fingerprint density at radius 2 is 1.90 bits per heavy atom. The first-order valence-corrected chi connectivity index (χ1v) is 11.7. The number of ether oxygens (including phenoxy) is 1. The van der Waals surface area contributed by atoms with Crippen LogP contribution >= 0.6 is 11.6 Å². The molecule has 3 rings (SSSR count). The normalized spacial score (nSPS) is 15.5. The number of sulfonamides is 1. The zero-order valence-corrected chi connectivity index (χ0v) is 18.6. The molecule has 162 valence electrons. The third-order valence-corrected chi connectivity index (χ3v) is 6.82. The molecule has 1 fully saturated rings. The van der Waals surface area contributed by atoms with Crippen molar-refractivity contribution in [2.45, 2.75) is 31.2 Å². The first-order valence-electron chi connectivity index (χ1n) is 9.86. The van der Waals surface area contributed by atoms with E-state index in [4.69, 9.17) is 16.3 Å². The Balaban J connectivity index is 1.89. The molecular formula is C21H26ClN3O4S. The number of nitrogens with one attached hydrogen (secondary N) is 2. The van der Waals surface area contributed by atoms with Gasteiger partial charge in [0.05, 0.1) is 29.6 Å². The molecule has 7 nitrogen and oxygen atoms in total. The number of halogens is 1. The molecule has 30 heavy (non-hydrogen) atoms. The van der Waals surface area contributed by atoms with Crippen molar-refractivity contribution in [3.8, 4) is 0 Å². The molecule has 1 heterocycles. The average Bonchev–Trinajstić information content (AvgIpc) is 2.74. The predicted octanol–water partition coefficient (Wildman–Crippen LogP) is 3.51. The average molecular weight is 452 g/mol. The number of rotatable bonds is 7. The van der Waals surface area contributed by atoms with Crippen LogP contribution in [0.1, 0.15) is 30.6 Å². The van der Waals surface area contributed by atoms with Gasteiger partial charge >= 0.3 is 0 Å². The van der Waals surface area contributed by atoms with Crippen molar-refractivity contribution in [2.24, 2.45) is 0 Å². The lowest BCUT2D eigenvalue weighted by Crippen LogP contribution is -2.36. The fourth-order valence-electron chi connectivity index (χ4n) is 3.10. The van der Waals surface area contributed by atoms with Crippen molar-refractivity contribution in [3.63, 3.8) is 0 Å². The first-order chi connectivity index (χ1) is 14.3. The lowest BCUT2D eigenvalue weighted by Gasteiger charge is -2.30. The van der Waals surface area contributed by atoms with Gasteiger partial charge in [-0.3, -0.25) is 9.52 Å². The number of carbonyl (C=O) groups excluding carboxylic acids is 1. The second-order valence-electron chi connectivity index (χ2n) is 7.15. The van der Waals surface area contributed by atoms with Crippen LogP contribution in [-0.2, 0) is 14.8 Å². The fourth-order valence-corrected chi connectivity index (χ4v) is 4.70. The van der Waals surface area contributed by atoms with E-state index in [-0.39, 0.29) is 27.4 Å². The summed E-state index contributed by atoms with van der Waals surface area (Å²) in [5, 5.41) is 2.88. The molecule has 0 aromatic heterocycles. The Labute approximate surface area is 182 Å². The molecule has 1 aliphatic rings. The number of benzene rings is 2. The van der Waals surface area contributed by atoms with Crippen LogP contribution in [0.4, 0.5) is 11.4 Å². The Kier molecular flexibility index (Phi) is 7.23. The summed E-state index contributed by atoms with van der Waals surface area (Å²) in [6.45, 7) is 6.35. The lowest BCUT2D eigenvalue weighted by molar-refractivity contribution is 0.0939. The highest BCUT2D eigenvalue weighted by Gasteiger charge is 2.23. The van der Waals surface area contributed by atoms with Gasteiger partial charge in [0.1, 0.15) is 4.90 Å². The van der Waals surface area contributed by atoms with Crippen LogP contribution in [-0.4, -0.2) is 46.7 Å². The number of carbonyl (C=O) groups is 1. The predicted molar refractivity (Wildman–Crippen MR) is 119 cm³/mol. The van der Waals surface area contributed by atoms with Crippen LogP contribution in [0.25, 0.3) is 0 Å². The summed E-state index contributed by atoms with van der Waals surface area (Å²) in [5.41, 5.74) is 1.46. The molecule has 1 saturated heterocycles. The maximum absolute atomic E-state index is 13.1. The van der Waals surface area contributed by atoms with E-state index < -0.39 is 10.0 Å². The quantitative estimate of drug-likeness (QED) is 0.672. The van der Waals surface area contributed by atoms with Gasteiger partial charge in [-0.25, -0.2) is 8.42 Å². The summed E-state index contributed by atoms with van der Waals surface area (Å²) < 4.78 is 34.3. The smallest absolute Gasteiger partial charge is 0.263 e. The van der Waals surface area contributed by atoms with Crippen LogP contribution in [0.5, 0.6) is 0 Å². The SMILES string of the molecule is CCC(C)NC(=O)c1ccc(Cl)c(S(=O)(=O)Nc2ccccc2N2CCOCC2)c1. The van der Waals surface area contributed by atoms with Gasteiger partial charge in [0.2, 0.25) is 0 Å². The molecule has 0 bridgehead atoms. The highest BCUT2D eigenvalue weighted by atomic mass is 35.5. The standard InChI is InChI=1S/C21H26ClN3O4S/c1-3-15(2)23-21(26)16-8-9-17(22)20(14-16)30(27,28)24-18-6-4-5-7-19(18)25-10-12-29-13-11-25/h4-9,14-15,24H,3,10-13H2,1-2H3,(H,23,26). The van der Waals surface area contributed by atoms with Crippen LogP contribution in [0.2, 0.25) is 5.02 Å². The number of hydrogen-bond donors (Lipinski definition) is 2. The molecule has 0 saturated carbocycles. The Morgan fingerprint density at radius 3 is 2.60 bits per heavy atom. The first kappa shape index (κ1) is 22.4. The van der Waals surface area contributed by atoms with Crippen molar-refractivity contribution >= 4 is 38.9 Å². The zero-order chi connectivity index (χ0) is 21.7. The van der Waals surface area contributed by atoms with Crippen LogP contribution < -0.4 is 14.9 Å². The van der Waals surface area contributed by atoms with E-state index in [1.807, 2.05) is 26.0 Å². The van der Waals surface area contributed by atoms with E-state index in [0.29, 0.717) is 32.0 Å². The van der Waals surface area contributed by atoms with Crippen LogP contribution in [0.15, 0.2) is 47.4 Å². The third kappa shape index (κ3) is 5.24. The number of morpholine rings is 1. The summed E-state index contributed by atoms with van der Waals surface area (Å²) >= 11 is 6.20. The maximum Gasteiger partial charge on any atom is 0.263 e. The van der Waals surface area contributed by atoms with Crippen molar-refractivity contribution in [1.82, 2.24) is 5.32 Å². The van der Waals surface area contributed by atoms with Gasteiger partial charge < -0.3 is 15.0 Å². The molecule has 1 aliphatic heterocycles. The highest BCUT2D eigenvalue weighted by molar-refractivity contribution is 7.92. The van der Waals surface area contributed by atoms with E-state index in [0.717, 1.165) is 12.1 Å². The number of hydrogen-bond acceptors (Lipinski definition) is 5. The fraction of sp³-hybridized carbons (Fsp3) is 0.381. The number of para-hydroxylation sites is 2. The molecule has 1 amide bonds. The summed E-state index contributed by atoms with van der Waals surface area (Å²) in [6.07, 6.45) is 0.768. The topological polar surface area (TPSA) is 87.7 Å². The number of anilines is 2. The van der Waals surface area contributed by atoms with Crippen molar-refractivity contribution in [1.29, 1.82) is 0 Å². The Bertz CT molecular complexity index is 1010. The minimum Gasteiger partial charge on any atom is -0.378 e. The maximum atomic E-state index is 13.1. The Hall–Kier alpha value is -2.29. The molecule has 0 radical (unpaired) electrons. The molecular weight excluding hydrogens is 426 g/mol. The second-order valence-corrected chi connectivity index (χ2v) is 9.21. The Morgan fingerprint density at radius 1 is 1.20 bits per heavy atom. The van der Waals surface area contributed by atoms with Gasteiger partial charge in [0.25, 0.3) is 15.9 Å². The van der Waals surface area contributed by atoms with E-state index in [9.17, 15) is 13.2 Å². The molecule has 1 atom stereocenters. The van der Waals surface area contributed by atoms with Crippen molar-refractivity contribution < 1.29 is 17.9 Å². The molecule has 9 heteroatoms. The summed E-state index contributed by atoms with van der Waals surface area (Å²) in [7, 11) is -4.02. The minimum atomic E-state index is -4.02. The van der Waals surface area contributed by atoms with Gasteiger partial charge in [0.15, 0.2) is 0 Å². The van der Waals surface area contributed by atoms with Crippen molar-refractivity contribution in [3.05, 3.63) is 53.1 Å². The number of amides is 1. The molecule has 0 spiro atoms. The van der Waals surface area contributed by atoms with Gasteiger partial charge in [-0.2, -0.15) is 0 Å². The summed E-state index contributed by atoms with van der Waals surface area (Å²) in [5.74, 6) is -0.341. The van der Waals surface area contributed by atoms with Gasteiger partial charge in [0, 0.05) is 24.7 Å². The third-order valence-electron chi connectivity index (χ3n) is 4.97. The molecule has 0 aliphatic carbocycles. The summed E-state index contributed by atoms with van der Waals surface area (Å²) in [4.78, 5) is 14.4. The van der Waals surface area contributed by atoms with Crippen LogP contribution in [0.3, 0.4) is 0 Å². The second kappa shape index (κ2) is 9.68. The molecule has 2 N–H and O–H groups in total. The van der Waals surface area contributed by atoms with E-state index in [1.54, 1.807) is 12.1 Å². The van der Waals surface area contributed by atoms with E-state index in [1.165, 1.54) is 18.2 Å². The zero-order valence-electron chi connectivity index (χ0n) is 17.0. The van der Waals surface area contributed by atoms with Crippen molar-refractivity contribution in [2.75, 3.05) is 35.9 Å². The van der Waals surface area contributed by atoms with E-state index >= 15 is 0 Å². The molecule has 2 aromatic carbocycles. The van der Waals surface area contributed by atoms with Crippen LogP contribution in [0, 0.1) is 0 Å². The number of nitrogens with zero attached hydrogens (tertiary/aromatic N) is 1. The highest BCUT2D eigenvalue weighted by Crippen LogP contribution is 2.31. The van der Waals surface area contributed by atoms with E-state index in [2.05, 4.69) is 14.9 Å². The monoisotopic (exact) mass is 451 g/mol. The van der Waals surface area contributed by atoms with Gasteiger partial charge in [-0.15, -0.1) is 0 Å².